The van der Waals surface area contributed by atoms with Crippen LogP contribution in [0.4, 0.5) is 0 Å². The van der Waals surface area contributed by atoms with Gasteiger partial charge in [0.15, 0.2) is 6.29 Å². The van der Waals surface area contributed by atoms with E-state index in [1.807, 2.05) is 16.7 Å². The highest BCUT2D eigenvalue weighted by Crippen LogP contribution is 2.13. The molecule has 0 atom stereocenters. The summed E-state index contributed by atoms with van der Waals surface area (Å²) in [4.78, 5) is 27.6. The number of aromatic nitrogens is 2. The van der Waals surface area contributed by atoms with Crippen LogP contribution in [0.2, 0.25) is 0 Å². The van der Waals surface area contributed by atoms with E-state index in [1.165, 1.54) is 0 Å². The van der Waals surface area contributed by atoms with Crippen molar-refractivity contribution in [3.63, 3.8) is 0 Å². The van der Waals surface area contributed by atoms with Crippen LogP contribution in [-0.4, -0.2) is 28.4 Å². The van der Waals surface area contributed by atoms with E-state index in [4.69, 9.17) is 4.74 Å². The largest absolute Gasteiger partial charge is 0.462 e. The van der Waals surface area contributed by atoms with Crippen molar-refractivity contribution in [3.05, 3.63) is 53.1 Å². The van der Waals surface area contributed by atoms with E-state index in [2.05, 4.69) is 18.8 Å². The number of unbranched alkanes of at least 4 members (excludes halogenated alkanes) is 2. The molecule has 0 aliphatic heterocycles. The third kappa shape index (κ3) is 5.28. The molecule has 0 saturated heterocycles. The Balaban J connectivity index is 2.07. The Hall–Kier alpha value is -2.43. The van der Waals surface area contributed by atoms with Gasteiger partial charge >= 0.3 is 5.97 Å². The molecular formula is C20H26N2O3. The van der Waals surface area contributed by atoms with Gasteiger partial charge in [0, 0.05) is 13.0 Å². The molecule has 0 aliphatic carbocycles. The fourth-order valence-electron chi connectivity index (χ4n) is 2.56. The van der Waals surface area contributed by atoms with Crippen LogP contribution in [0, 0.1) is 0 Å². The van der Waals surface area contributed by atoms with Gasteiger partial charge < -0.3 is 9.30 Å². The van der Waals surface area contributed by atoms with E-state index in [9.17, 15) is 9.59 Å². The first-order valence-electron chi connectivity index (χ1n) is 8.95. The van der Waals surface area contributed by atoms with Crippen LogP contribution in [0.3, 0.4) is 0 Å². The molecule has 25 heavy (non-hydrogen) atoms. The van der Waals surface area contributed by atoms with Crippen LogP contribution in [-0.2, 0) is 17.7 Å². The fourth-order valence-corrected chi connectivity index (χ4v) is 2.56. The van der Waals surface area contributed by atoms with E-state index in [1.54, 1.807) is 18.3 Å². The van der Waals surface area contributed by atoms with Gasteiger partial charge in [-0.3, -0.25) is 4.79 Å². The van der Waals surface area contributed by atoms with Gasteiger partial charge in [-0.05, 0) is 30.5 Å². The number of carbonyl (C=O) groups is 2. The van der Waals surface area contributed by atoms with Crippen LogP contribution in [0.1, 0.15) is 71.8 Å². The van der Waals surface area contributed by atoms with Gasteiger partial charge in [-0.15, -0.1) is 0 Å². The highest BCUT2D eigenvalue weighted by Gasteiger charge is 2.11. The number of nitrogens with zero attached hydrogens (tertiary/aromatic N) is 2. The molecule has 0 fully saturated rings. The van der Waals surface area contributed by atoms with Gasteiger partial charge in [0.1, 0.15) is 11.5 Å². The Morgan fingerprint density at radius 3 is 2.52 bits per heavy atom. The van der Waals surface area contributed by atoms with Gasteiger partial charge in [-0.25, -0.2) is 9.78 Å². The summed E-state index contributed by atoms with van der Waals surface area (Å²) in [5, 5.41) is 0. The maximum absolute atomic E-state index is 11.9. The monoisotopic (exact) mass is 342 g/mol. The second-order valence-corrected chi connectivity index (χ2v) is 6.09. The van der Waals surface area contributed by atoms with Gasteiger partial charge in [0.05, 0.1) is 18.4 Å². The number of esters is 1. The Bertz CT molecular complexity index is 689. The van der Waals surface area contributed by atoms with Crippen molar-refractivity contribution in [3.8, 4) is 0 Å². The topological polar surface area (TPSA) is 61.2 Å². The lowest BCUT2D eigenvalue weighted by Gasteiger charge is -2.10. The van der Waals surface area contributed by atoms with Crippen LogP contribution in [0.5, 0.6) is 0 Å². The minimum absolute atomic E-state index is 0.292. The van der Waals surface area contributed by atoms with Gasteiger partial charge in [0.2, 0.25) is 0 Å². The van der Waals surface area contributed by atoms with Crippen LogP contribution in [0.15, 0.2) is 30.5 Å². The first-order chi connectivity index (χ1) is 12.2. The molecule has 0 N–H and O–H groups in total. The van der Waals surface area contributed by atoms with Crippen molar-refractivity contribution >= 4 is 12.3 Å². The second kappa shape index (κ2) is 9.77. The predicted octanol–water partition coefficient (Wildman–Crippen LogP) is 4.04. The Kier molecular flexibility index (Phi) is 7.38. The molecule has 134 valence electrons. The summed E-state index contributed by atoms with van der Waals surface area (Å²) in [5.41, 5.74) is 2.14. The highest BCUT2D eigenvalue weighted by atomic mass is 16.5. The third-order valence-electron chi connectivity index (χ3n) is 4.11. The van der Waals surface area contributed by atoms with Crippen molar-refractivity contribution in [1.82, 2.24) is 9.55 Å². The summed E-state index contributed by atoms with van der Waals surface area (Å²) < 4.78 is 7.16. The molecule has 0 aliphatic rings. The predicted molar refractivity (Wildman–Crippen MR) is 97.0 cm³/mol. The Labute approximate surface area is 149 Å². The van der Waals surface area contributed by atoms with Crippen molar-refractivity contribution in [1.29, 1.82) is 0 Å². The molecular weight excluding hydrogens is 316 g/mol. The summed E-state index contributed by atoms with van der Waals surface area (Å²) in [6, 6.07) is 7.34. The molecule has 1 aromatic carbocycles. The molecule has 2 rings (SSSR count). The SMILES string of the molecule is CCCCOC(=O)c1ccc(Cn2c(C=O)cnc2CCCC)cc1. The zero-order valence-electron chi connectivity index (χ0n) is 15.0. The van der Waals surface area contributed by atoms with Crippen molar-refractivity contribution < 1.29 is 14.3 Å². The number of hydrogen-bond donors (Lipinski definition) is 0. The number of ether oxygens (including phenoxy) is 1. The minimum atomic E-state index is -0.292. The molecule has 1 aromatic heterocycles. The van der Waals surface area contributed by atoms with Crippen molar-refractivity contribution in [2.75, 3.05) is 6.61 Å². The number of aryl methyl sites for hydroxylation is 1. The Morgan fingerprint density at radius 1 is 1.16 bits per heavy atom. The zero-order valence-corrected chi connectivity index (χ0v) is 15.0. The second-order valence-electron chi connectivity index (χ2n) is 6.09. The van der Waals surface area contributed by atoms with E-state index in [0.717, 1.165) is 49.8 Å². The van der Waals surface area contributed by atoms with E-state index in [0.29, 0.717) is 24.4 Å². The van der Waals surface area contributed by atoms with Crippen LogP contribution in [0.25, 0.3) is 0 Å². The first kappa shape index (κ1) is 18.9. The summed E-state index contributed by atoms with van der Waals surface area (Å²) in [5.74, 6) is 0.631. The van der Waals surface area contributed by atoms with E-state index < -0.39 is 0 Å². The standard InChI is InChI=1S/C20H26N2O3/c1-3-5-7-19-21-13-18(15-23)22(19)14-16-8-10-17(11-9-16)20(24)25-12-6-4-2/h8-11,13,15H,3-7,12,14H2,1-2H3. The smallest absolute Gasteiger partial charge is 0.338 e. The maximum Gasteiger partial charge on any atom is 0.338 e. The number of carbonyl (C=O) groups excluding carboxylic acids is 2. The normalized spacial score (nSPS) is 10.6. The molecule has 0 spiro atoms. The van der Waals surface area contributed by atoms with E-state index in [-0.39, 0.29) is 5.97 Å². The van der Waals surface area contributed by atoms with Crippen molar-refractivity contribution in [2.24, 2.45) is 0 Å². The minimum Gasteiger partial charge on any atom is -0.462 e. The maximum atomic E-state index is 11.9. The molecule has 2 aromatic rings. The van der Waals surface area contributed by atoms with Gasteiger partial charge in [-0.2, -0.15) is 0 Å². The van der Waals surface area contributed by atoms with Crippen LogP contribution < -0.4 is 0 Å². The van der Waals surface area contributed by atoms with Crippen LogP contribution >= 0.6 is 0 Å². The summed E-state index contributed by atoms with van der Waals surface area (Å²) in [6.07, 6.45) is 7.30. The number of imidazole rings is 1. The van der Waals surface area contributed by atoms with E-state index >= 15 is 0 Å². The summed E-state index contributed by atoms with van der Waals surface area (Å²) in [7, 11) is 0. The summed E-state index contributed by atoms with van der Waals surface area (Å²) in [6.45, 7) is 5.21. The molecule has 1 heterocycles. The zero-order chi connectivity index (χ0) is 18.1. The van der Waals surface area contributed by atoms with Gasteiger partial charge in [0.25, 0.3) is 0 Å². The third-order valence-corrected chi connectivity index (χ3v) is 4.11. The first-order valence-corrected chi connectivity index (χ1v) is 8.95. The lowest BCUT2D eigenvalue weighted by atomic mass is 10.1. The molecule has 0 unspecified atom stereocenters. The highest BCUT2D eigenvalue weighted by molar-refractivity contribution is 5.89. The average Bonchev–Trinajstić information content (AvgIpc) is 3.02. The molecule has 5 nitrogen and oxygen atoms in total. The van der Waals surface area contributed by atoms with Crippen molar-refractivity contribution in [2.45, 2.75) is 52.5 Å². The Morgan fingerprint density at radius 2 is 1.88 bits per heavy atom. The molecule has 0 bridgehead atoms. The average molecular weight is 342 g/mol. The molecule has 0 amide bonds. The number of rotatable bonds is 10. The van der Waals surface area contributed by atoms with Gasteiger partial charge in [-0.1, -0.05) is 38.8 Å². The lowest BCUT2D eigenvalue weighted by molar-refractivity contribution is 0.0499. The fraction of sp³-hybridized carbons (Fsp3) is 0.450. The molecule has 0 saturated carbocycles. The molecule has 5 heteroatoms. The number of benzene rings is 1. The summed E-state index contributed by atoms with van der Waals surface area (Å²) >= 11 is 0. The number of hydrogen-bond acceptors (Lipinski definition) is 4. The lowest BCUT2D eigenvalue weighted by Crippen LogP contribution is -2.10. The molecule has 0 radical (unpaired) electrons. The quantitative estimate of drug-likeness (QED) is 0.371. The number of aldehydes is 1.